The minimum absolute atomic E-state index is 0.0239. The summed E-state index contributed by atoms with van der Waals surface area (Å²) in [5.74, 6) is 0.735. The zero-order valence-corrected chi connectivity index (χ0v) is 22.2. The molecule has 0 amide bonds. The molecule has 38 heavy (non-hydrogen) atoms. The summed E-state index contributed by atoms with van der Waals surface area (Å²) in [7, 11) is 0. The van der Waals surface area contributed by atoms with Gasteiger partial charge in [0.2, 0.25) is 5.89 Å². The van der Waals surface area contributed by atoms with Crippen molar-refractivity contribution in [2.45, 2.75) is 29.7 Å². The Bertz CT molecular complexity index is 1540. The Balaban J connectivity index is 1.60. The maximum Gasteiger partial charge on any atom is 0.226 e. The number of nitrogens with two attached hydrogens (primary N) is 1. The van der Waals surface area contributed by atoms with E-state index in [2.05, 4.69) is 22.1 Å². The van der Waals surface area contributed by atoms with Gasteiger partial charge < -0.3 is 20.4 Å². The molecule has 0 spiro atoms. The quantitative estimate of drug-likeness (QED) is 0.219. The number of pyridine rings is 1. The lowest BCUT2D eigenvalue weighted by Crippen LogP contribution is -2.12. The van der Waals surface area contributed by atoms with E-state index in [1.165, 1.54) is 18.0 Å². The molecule has 2 aromatic heterocycles. The molecule has 2 heterocycles. The van der Waals surface area contributed by atoms with E-state index in [4.69, 9.17) is 38.5 Å². The second-order valence-electron chi connectivity index (χ2n) is 8.28. The van der Waals surface area contributed by atoms with Crippen molar-refractivity contribution in [3.63, 3.8) is 0 Å². The van der Waals surface area contributed by atoms with Gasteiger partial charge in [0, 0.05) is 16.9 Å². The first-order valence-corrected chi connectivity index (χ1v) is 13.1. The number of aliphatic hydroxyl groups is 2. The van der Waals surface area contributed by atoms with E-state index in [0.29, 0.717) is 61.9 Å². The van der Waals surface area contributed by atoms with E-state index >= 15 is 0 Å². The van der Waals surface area contributed by atoms with Gasteiger partial charge in [-0.1, -0.05) is 59.2 Å². The Morgan fingerprint density at radius 3 is 2.37 bits per heavy atom. The van der Waals surface area contributed by atoms with Gasteiger partial charge in [0.25, 0.3) is 0 Å². The van der Waals surface area contributed by atoms with E-state index < -0.39 is 6.10 Å². The SMILES string of the molecule is N#Cc1c(N)nc(SCc2coc(-c3ccc(Cl)c(Cl)c3)n2)c(C#N)c1-c1ccc(CC[C@@H](O)CO)cc1. The van der Waals surface area contributed by atoms with Crippen molar-refractivity contribution in [1.29, 1.82) is 10.5 Å². The molecule has 0 unspecified atom stereocenters. The van der Waals surface area contributed by atoms with Crippen LogP contribution in [0.2, 0.25) is 10.0 Å². The summed E-state index contributed by atoms with van der Waals surface area (Å²) in [6.07, 6.45) is 1.71. The van der Waals surface area contributed by atoms with Crippen LogP contribution in [-0.4, -0.2) is 32.9 Å². The summed E-state index contributed by atoms with van der Waals surface area (Å²) >= 11 is 13.3. The number of thioether (sulfide) groups is 1. The number of hydrogen-bond donors (Lipinski definition) is 3. The van der Waals surface area contributed by atoms with Crippen LogP contribution in [0.5, 0.6) is 0 Å². The molecule has 8 nitrogen and oxygen atoms in total. The fourth-order valence-electron chi connectivity index (χ4n) is 3.73. The van der Waals surface area contributed by atoms with E-state index in [-0.39, 0.29) is 23.6 Å². The third kappa shape index (κ3) is 6.11. The Morgan fingerprint density at radius 2 is 1.71 bits per heavy atom. The first kappa shape index (κ1) is 27.5. The first-order valence-electron chi connectivity index (χ1n) is 11.4. The number of nitrogen functional groups attached to an aromatic ring is 1. The van der Waals surface area contributed by atoms with Gasteiger partial charge in [0.15, 0.2) is 0 Å². The van der Waals surface area contributed by atoms with Gasteiger partial charge in [-0.15, -0.1) is 0 Å². The number of benzene rings is 2. The van der Waals surface area contributed by atoms with Crippen molar-refractivity contribution in [3.05, 3.63) is 81.2 Å². The molecule has 0 saturated heterocycles. The molecule has 11 heteroatoms. The average molecular weight is 566 g/mol. The standard InChI is InChI=1S/C27H21Cl2N5O3S/c28-22-8-6-17(9-23(22)29)26-33-18(13-37-26)14-38-27-21(11-31)24(20(10-30)25(32)34-27)16-4-1-15(2-5-16)3-7-19(36)12-35/h1-2,4-6,8-9,13,19,35-36H,3,7,12,14H2,(H2,32,34)/t19-/m1/s1. The molecule has 4 aromatic rings. The molecule has 0 saturated carbocycles. The average Bonchev–Trinajstić information content (AvgIpc) is 3.41. The highest BCUT2D eigenvalue weighted by atomic mass is 35.5. The largest absolute Gasteiger partial charge is 0.444 e. The number of nitriles is 2. The number of hydrogen-bond acceptors (Lipinski definition) is 9. The molecular weight excluding hydrogens is 545 g/mol. The number of aromatic nitrogens is 2. The second-order valence-corrected chi connectivity index (χ2v) is 10.1. The molecule has 0 aliphatic carbocycles. The monoisotopic (exact) mass is 565 g/mol. The number of rotatable bonds is 9. The van der Waals surface area contributed by atoms with Crippen LogP contribution >= 0.6 is 35.0 Å². The van der Waals surface area contributed by atoms with Crippen LogP contribution in [0, 0.1) is 22.7 Å². The van der Waals surface area contributed by atoms with Crippen LogP contribution < -0.4 is 5.73 Å². The minimum Gasteiger partial charge on any atom is -0.444 e. The molecule has 0 aliphatic heterocycles. The Morgan fingerprint density at radius 1 is 1.00 bits per heavy atom. The number of oxazole rings is 1. The lowest BCUT2D eigenvalue weighted by atomic mass is 9.95. The van der Waals surface area contributed by atoms with Crippen LogP contribution in [-0.2, 0) is 12.2 Å². The summed E-state index contributed by atoms with van der Waals surface area (Å²) in [5, 5.41) is 39.6. The summed E-state index contributed by atoms with van der Waals surface area (Å²) in [6.45, 7) is -0.295. The molecule has 0 bridgehead atoms. The van der Waals surface area contributed by atoms with Crippen molar-refractivity contribution < 1.29 is 14.6 Å². The van der Waals surface area contributed by atoms with Crippen molar-refractivity contribution >= 4 is 40.8 Å². The third-order valence-corrected chi connectivity index (χ3v) is 7.46. The molecule has 0 aliphatic rings. The van der Waals surface area contributed by atoms with Gasteiger partial charge in [0.1, 0.15) is 34.8 Å². The molecular formula is C27H21Cl2N5O3S. The lowest BCUT2D eigenvalue weighted by molar-refractivity contribution is 0.0886. The zero-order chi connectivity index (χ0) is 27.2. The van der Waals surface area contributed by atoms with E-state index in [0.717, 1.165) is 5.56 Å². The van der Waals surface area contributed by atoms with Gasteiger partial charge in [-0.2, -0.15) is 10.5 Å². The Labute approximate surface area is 233 Å². The summed E-state index contributed by atoms with van der Waals surface area (Å²) in [6, 6.07) is 16.6. The number of aliphatic hydroxyl groups excluding tert-OH is 2. The van der Waals surface area contributed by atoms with Crippen LogP contribution in [0.15, 0.2) is 58.2 Å². The van der Waals surface area contributed by atoms with Crippen LogP contribution in [0.3, 0.4) is 0 Å². The summed E-state index contributed by atoms with van der Waals surface area (Å²) < 4.78 is 5.59. The van der Waals surface area contributed by atoms with Crippen LogP contribution in [0.1, 0.15) is 28.8 Å². The van der Waals surface area contributed by atoms with Crippen LogP contribution in [0.4, 0.5) is 5.82 Å². The van der Waals surface area contributed by atoms with Crippen molar-refractivity contribution in [2.24, 2.45) is 0 Å². The van der Waals surface area contributed by atoms with Gasteiger partial charge in [-0.25, -0.2) is 9.97 Å². The van der Waals surface area contributed by atoms with E-state index in [1.807, 2.05) is 12.1 Å². The van der Waals surface area contributed by atoms with Crippen LogP contribution in [0.25, 0.3) is 22.6 Å². The Kier molecular flexibility index (Phi) is 8.90. The smallest absolute Gasteiger partial charge is 0.226 e. The van der Waals surface area contributed by atoms with Crippen molar-refractivity contribution in [3.8, 4) is 34.7 Å². The highest BCUT2D eigenvalue weighted by Gasteiger charge is 2.21. The molecule has 2 aromatic carbocycles. The normalized spacial score (nSPS) is 11.6. The number of aryl methyl sites for hydroxylation is 1. The number of anilines is 1. The lowest BCUT2D eigenvalue weighted by Gasteiger charge is -2.13. The molecule has 4 N–H and O–H groups in total. The van der Waals surface area contributed by atoms with Gasteiger partial charge in [-0.05, 0) is 42.2 Å². The number of nitrogens with zero attached hydrogens (tertiary/aromatic N) is 4. The van der Waals surface area contributed by atoms with Gasteiger partial charge >= 0.3 is 0 Å². The summed E-state index contributed by atoms with van der Waals surface area (Å²) in [5.41, 5.74) is 9.76. The highest BCUT2D eigenvalue weighted by molar-refractivity contribution is 7.98. The maximum absolute atomic E-state index is 10.0. The van der Waals surface area contributed by atoms with Gasteiger partial charge in [0.05, 0.1) is 34.0 Å². The highest BCUT2D eigenvalue weighted by Crippen LogP contribution is 2.37. The van der Waals surface area contributed by atoms with Crippen molar-refractivity contribution in [2.75, 3.05) is 12.3 Å². The van der Waals surface area contributed by atoms with E-state index in [9.17, 15) is 15.6 Å². The number of halogens is 2. The van der Waals surface area contributed by atoms with E-state index in [1.54, 1.807) is 30.3 Å². The van der Waals surface area contributed by atoms with Crippen molar-refractivity contribution in [1.82, 2.24) is 9.97 Å². The predicted octanol–water partition coefficient (Wildman–Crippen LogP) is 5.61. The first-order chi connectivity index (χ1) is 18.3. The minimum atomic E-state index is -0.783. The molecule has 1 atom stereocenters. The zero-order valence-electron chi connectivity index (χ0n) is 19.9. The predicted molar refractivity (Wildman–Crippen MR) is 146 cm³/mol. The summed E-state index contributed by atoms with van der Waals surface area (Å²) in [4.78, 5) is 8.82. The molecule has 0 radical (unpaired) electrons. The fourth-order valence-corrected chi connectivity index (χ4v) is 4.90. The molecule has 192 valence electrons. The maximum atomic E-state index is 10.0. The topological polar surface area (TPSA) is 153 Å². The fraction of sp³-hybridized carbons (Fsp3) is 0.185. The molecule has 4 rings (SSSR count). The van der Waals surface area contributed by atoms with Gasteiger partial charge in [-0.3, -0.25) is 0 Å². The second kappa shape index (κ2) is 12.3. The third-order valence-electron chi connectivity index (χ3n) is 5.71. The Hall–Kier alpha value is -3.57. The molecule has 0 fully saturated rings.